The normalized spacial score (nSPS) is 13.8. The van der Waals surface area contributed by atoms with Crippen LogP contribution in [0.25, 0.3) is 0 Å². The van der Waals surface area contributed by atoms with E-state index in [0.29, 0.717) is 47.8 Å². The molecule has 1 heterocycles. The van der Waals surface area contributed by atoms with Gasteiger partial charge in [0.05, 0.1) is 22.9 Å². The van der Waals surface area contributed by atoms with E-state index in [1.165, 1.54) is 4.31 Å². The molecule has 0 saturated carbocycles. The second-order valence-electron chi connectivity index (χ2n) is 8.53. The Morgan fingerprint density at radius 2 is 1.80 bits per heavy atom. The van der Waals surface area contributed by atoms with E-state index in [1.807, 2.05) is 30.3 Å². The molecule has 1 saturated heterocycles. The minimum atomic E-state index is -3.53. The van der Waals surface area contributed by atoms with Crippen LogP contribution in [0.5, 0.6) is 5.75 Å². The van der Waals surface area contributed by atoms with Crippen molar-refractivity contribution in [1.29, 1.82) is 5.26 Å². The molecule has 0 aliphatic carbocycles. The average molecular weight is 490 g/mol. The first-order chi connectivity index (χ1) is 16.9. The first kappa shape index (κ1) is 24.5. The number of ether oxygens (including phenoxy) is 1. The number of aryl methyl sites for hydroxylation is 1. The van der Waals surface area contributed by atoms with Gasteiger partial charge in [-0.1, -0.05) is 30.3 Å². The number of carbonyl (C=O) groups excluding carboxylic acids is 1. The number of nitrogens with zero attached hydrogens (tertiary/aromatic N) is 2. The SMILES string of the molecule is Cc1cc(NC(=O)Cc2cc(C#N)ccc2OCc2ccccc2)ccc1S(=O)(=O)N1CCCC1. The molecule has 0 bridgehead atoms. The summed E-state index contributed by atoms with van der Waals surface area (Å²) >= 11 is 0. The van der Waals surface area contributed by atoms with Crippen LogP contribution in [0.15, 0.2) is 71.6 Å². The van der Waals surface area contributed by atoms with Crippen LogP contribution in [0, 0.1) is 18.3 Å². The minimum Gasteiger partial charge on any atom is -0.489 e. The quantitative estimate of drug-likeness (QED) is 0.505. The number of carbonyl (C=O) groups is 1. The van der Waals surface area contributed by atoms with Crippen LogP contribution in [0.3, 0.4) is 0 Å². The summed E-state index contributed by atoms with van der Waals surface area (Å²) in [5, 5.41) is 12.1. The van der Waals surface area contributed by atoms with E-state index in [0.717, 1.165) is 18.4 Å². The molecule has 35 heavy (non-hydrogen) atoms. The maximum absolute atomic E-state index is 12.9. The minimum absolute atomic E-state index is 0.00647. The Morgan fingerprint density at radius 1 is 1.06 bits per heavy atom. The Balaban J connectivity index is 1.47. The smallest absolute Gasteiger partial charge is 0.243 e. The first-order valence-electron chi connectivity index (χ1n) is 11.5. The number of amides is 1. The molecule has 8 heteroatoms. The lowest BCUT2D eigenvalue weighted by Gasteiger charge is -2.18. The maximum atomic E-state index is 12.9. The topological polar surface area (TPSA) is 99.5 Å². The number of benzene rings is 3. The summed E-state index contributed by atoms with van der Waals surface area (Å²) in [6.07, 6.45) is 1.75. The molecule has 180 valence electrons. The third-order valence-corrected chi connectivity index (χ3v) is 7.98. The fourth-order valence-corrected chi connectivity index (χ4v) is 5.85. The molecule has 0 unspecified atom stereocenters. The van der Waals surface area contributed by atoms with E-state index in [-0.39, 0.29) is 17.2 Å². The van der Waals surface area contributed by atoms with Gasteiger partial charge < -0.3 is 10.1 Å². The number of nitrogens with one attached hydrogen (secondary N) is 1. The highest BCUT2D eigenvalue weighted by Gasteiger charge is 2.28. The van der Waals surface area contributed by atoms with Crippen LogP contribution in [0.2, 0.25) is 0 Å². The van der Waals surface area contributed by atoms with Crippen molar-refractivity contribution < 1.29 is 17.9 Å². The highest BCUT2D eigenvalue weighted by atomic mass is 32.2. The van der Waals surface area contributed by atoms with Crippen molar-refractivity contribution in [3.63, 3.8) is 0 Å². The molecule has 0 radical (unpaired) electrons. The van der Waals surface area contributed by atoms with Crippen LogP contribution in [0.1, 0.15) is 35.1 Å². The zero-order valence-corrected chi connectivity index (χ0v) is 20.3. The van der Waals surface area contributed by atoms with Crippen molar-refractivity contribution in [1.82, 2.24) is 4.31 Å². The molecule has 4 rings (SSSR count). The molecule has 0 aromatic heterocycles. The van der Waals surface area contributed by atoms with E-state index in [9.17, 15) is 18.5 Å². The first-order valence-corrected chi connectivity index (χ1v) is 12.9. The van der Waals surface area contributed by atoms with Crippen molar-refractivity contribution in [3.8, 4) is 11.8 Å². The molecule has 1 aliphatic heterocycles. The molecule has 1 N–H and O–H groups in total. The second kappa shape index (κ2) is 10.7. The van der Waals surface area contributed by atoms with Gasteiger partial charge in [0.2, 0.25) is 15.9 Å². The fraction of sp³-hybridized carbons (Fsp3) is 0.259. The predicted octanol–water partition coefficient (Wildman–Crippen LogP) is 4.41. The predicted molar refractivity (Wildman–Crippen MR) is 133 cm³/mol. The van der Waals surface area contributed by atoms with E-state index >= 15 is 0 Å². The number of hydrogen-bond acceptors (Lipinski definition) is 5. The second-order valence-corrected chi connectivity index (χ2v) is 10.4. The summed E-state index contributed by atoms with van der Waals surface area (Å²) in [7, 11) is -3.53. The van der Waals surface area contributed by atoms with E-state index in [4.69, 9.17) is 4.74 Å². The van der Waals surface area contributed by atoms with Crippen LogP contribution in [-0.4, -0.2) is 31.7 Å². The lowest BCUT2D eigenvalue weighted by Crippen LogP contribution is -2.28. The third kappa shape index (κ3) is 5.88. The highest BCUT2D eigenvalue weighted by Crippen LogP contribution is 2.26. The van der Waals surface area contributed by atoms with Gasteiger partial charge >= 0.3 is 0 Å². The van der Waals surface area contributed by atoms with Crippen LogP contribution in [-0.2, 0) is 27.8 Å². The molecular weight excluding hydrogens is 462 g/mol. The van der Waals surface area contributed by atoms with Crippen molar-refractivity contribution in [2.75, 3.05) is 18.4 Å². The maximum Gasteiger partial charge on any atom is 0.243 e. The van der Waals surface area contributed by atoms with E-state index in [2.05, 4.69) is 11.4 Å². The molecule has 0 atom stereocenters. The molecule has 1 fully saturated rings. The molecule has 7 nitrogen and oxygen atoms in total. The van der Waals surface area contributed by atoms with Crippen molar-refractivity contribution in [2.45, 2.75) is 37.7 Å². The summed E-state index contributed by atoms with van der Waals surface area (Å²) in [6, 6.07) is 21.6. The van der Waals surface area contributed by atoms with Crippen molar-refractivity contribution >= 4 is 21.6 Å². The van der Waals surface area contributed by atoms with Crippen LogP contribution >= 0.6 is 0 Å². The number of nitriles is 1. The zero-order chi connectivity index (χ0) is 24.8. The van der Waals surface area contributed by atoms with Gasteiger partial charge in [-0.05, 0) is 67.3 Å². The number of rotatable bonds is 8. The van der Waals surface area contributed by atoms with Gasteiger partial charge in [-0.3, -0.25) is 4.79 Å². The highest BCUT2D eigenvalue weighted by molar-refractivity contribution is 7.89. The summed E-state index contributed by atoms with van der Waals surface area (Å²) in [4.78, 5) is 13.1. The summed E-state index contributed by atoms with van der Waals surface area (Å²) in [6.45, 7) is 3.14. The third-order valence-electron chi connectivity index (χ3n) is 5.92. The average Bonchev–Trinajstić information content (AvgIpc) is 3.40. The summed E-state index contributed by atoms with van der Waals surface area (Å²) < 4.78 is 33.2. The number of anilines is 1. The van der Waals surface area contributed by atoms with Gasteiger partial charge in [0.15, 0.2) is 0 Å². The number of sulfonamides is 1. The lowest BCUT2D eigenvalue weighted by atomic mass is 10.1. The summed E-state index contributed by atoms with van der Waals surface area (Å²) in [5.41, 5.74) is 3.12. The van der Waals surface area contributed by atoms with E-state index < -0.39 is 10.0 Å². The van der Waals surface area contributed by atoms with Crippen molar-refractivity contribution in [2.24, 2.45) is 0 Å². The Labute approximate surface area is 206 Å². The monoisotopic (exact) mass is 489 g/mol. The van der Waals surface area contributed by atoms with E-state index in [1.54, 1.807) is 43.3 Å². The zero-order valence-electron chi connectivity index (χ0n) is 19.5. The number of hydrogen-bond donors (Lipinski definition) is 1. The molecule has 0 spiro atoms. The fourth-order valence-electron chi connectivity index (χ4n) is 4.13. The Bertz CT molecular complexity index is 1360. The molecule has 3 aromatic carbocycles. The van der Waals surface area contributed by atoms with Crippen molar-refractivity contribution in [3.05, 3.63) is 89.0 Å². The van der Waals surface area contributed by atoms with Gasteiger partial charge in [-0.25, -0.2) is 8.42 Å². The van der Waals surface area contributed by atoms with Gasteiger partial charge in [0.25, 0.3) is 0 Å². The van der Waals surface area contributed by atoms with Gasteiger partial charge in [-0.2, -0.15) is 9.57 Å². The Hall–Kier alpha value is -3.67. The Kier molecular flexibility index (Phi) is 7.49. The summed E-state index contributed by atoms with van der Waals surface area (Å²) in [5.74, 6) is 0.241. The lowest BCUT2D eigenvalue weighted by molar-refractivity contribution is -0.115. The Morgan fingerprint density at radius 3 is 2.49 bits per heavy atom. The van der Waals surface area contributed by atoms with Gasteiger partial charge in [0, 0.05) is 24.3 Å². The largest absolute Gasteiger partial charge is 0.489 e. The van der Waals surface area contributed by atoms with Crippen LogP contribution < -0.4 is 10.1 Å². The molecule has 3 aromatic rings. The van der Waals surface area contributed by atoms with Gasteiger partial charge in [-0.15, -0.1) is 0 Å². The standard InChI is InChI=1S/C27H27N3O4S/c1-20-15-24(10-12-26(20)35(32,33)30-13-5-6-14-30)29-27(31)17-23-16-22(18-28)9-11-25(23)34-19-21-7-3-2-4-8-21/h2-4,7-12,15-16H,5-6,13-14,17,19H2,1H3,(H,29,31). The van der Waals surface area contributed by atoms with Crippen LogP contribution in [0.4, 0.5) is 5.69 Å². The van der Waals surface area contributed by atoms with Gasteiger partial charge in [0.1, 0.15) is 12.4 Å². The molecular formula is C27H27N3O4S. The molecule has 1 amide bonds. The molecule has 1 aliphatic rings.